The van der Waals surface area contributed by atoms with E-state index in [4.69, 9.17) is 4.74 Å². The molecule has 0 saturated heterocycles. The Hall–Kier alpha value is -1.65. The number of benzene rings is 2. The molecule has 1 N–H and O–H groups in total. The summed E-state index contributed by atoms with van der Waals surface area (Å²) in [5.74, 6) is 0.808. The lowest BCUT2D eigenvalue weighted by atomic mass is 10.1. The Balaban J connectivity index is 1.52. The van der Waals surface area contributed by atoms with Gasteiger partial charge in [0.2, 0.25) is 0 Å². The van der Waals surface area contributed by atoms with Gasteiger partial charge in [0.15, 0.2) is 11.5 Å². The van der Waals surface area contributed by atoms with Crippen LogP contribution in [0.2, 0.25) is 0 Å². The topological polar surface area (TPSA) is 32.7 Å². The van der Waals surface area contributed by atoms with E-state index in [2.05, 4.69) is 29.4 Å². The molecular weight excluding hydrogens is 330 g/mol. The highest BCUT2D eigenvalue weighted by Crippen LogP contribution is 2.29. The van der Waals surface area contributed by atoms with Gasteiger partial charge in [0.25, 0.3) is 0 Å². The Kier molecular flexibility index (Phi) is 5.92. The number of fused-ring (bicyclic) bond motifs is 1. The molecule has 2 aromatic rings. The number of hydrogen-bond donors (Lipinski definition) is 1. The zero-order valence-electron chi connectivity index (χ0n) is 15.3. The van der Waals surface area contributed by atoms with Gasteiger partial charge in [-0.05, 0) is 80.4 Å². The van der Waals surface area contributed by atoms with Crippen molar-refractivity contribution in [3.8, 4) is 11.5 Å². The summed E-state index contributed by atoms with van der Waals surface area (Å²) in [5, 5.41) is 9.89. The molecule has 3 rings (SSSR count). The summed E-state index contributed by atoms with van der Waals surface area (Å²) in [4.78, 5) is 3.86. The normalized spacial score (nSPS) is 14.1. The third-order valence-corrected chi connectivity index (χ3v) is 5.25. The highest BCUT2D eigenvalue weighted by atomic mass is 32.2. The van der Waals surface area contributed by atoms with Gasteiger partial charge < -0.3 is 9.84 Å². The Bertz CT molecular complexity index is 730. The maximum absolute atomic E-state index is 9.89. The first-order valence-corrected chi connectivity index (χ1v) is 10.1. The van der Waals surface area contributed by atoms with Crippen molar-refractivity contribution in [2.45, 2.75) is 50.8 Å². The summed E-state index contributed by atoms with van der Waals surface area (Å²) in [6.07, 6.45) is 4.30. The van der Waals surface area contributed by atoms with E-state index in [1.807, 2.05) is 26.0 Å². The first-order chi connectivity index (χ1) is 12.0. The largest absolute Gasteiger partial charge is 0.504 e. The van der Waals surface area contributed by atoms with E-state index in [0.717, 1.165) is 32.5 Å². The van der Waals surface area contributed by atoms with Gasteiger partial charge in [-0.25, -0.2) is 0 Å². The average Bonchev–Trinajstić information content (AvgIpc) is 2.99. The number of phenols is 1. The molecule has 0 fully saturated rings. The van der Waals surface area contributed by atoms with Crippen LogP contribution in [0.15, 0.2) is 41.3 Å². The molecule has 1 aliphatic heterocycles. The molecule has 1 heterocycles. The molecule has 0 aliphatic carbocycles. The SMILES string of the molecule is CSc1ccc2c(c1)CN(CCCc1ccc(O)c(OC(C)C)c1)C2. The molecule has 0 radical (unpaired) electrons. The Morgan fingerprint density at radius 1 is 1.12 bits per heavy atom. The quantitative estimate of drug-likeness (QED) is 0.718. The van der Waals surface area contributed by atoms with Crippen LogP contribution in [0.1, 0.15) is 37.0 Å². The smallest absolute Gasteiger partial charge is 0.161 e. The van der Waals surface area contributed by atoms with Crippen LogP contribution in [-0.2, 0) is 19.5 Å². The molecule has 3 nitrogen and oxygen atoms in total. The third-order valence-electron chi connectivity index (χ3n) is 4.53. The second-order valence-electron chi connectivity index (χ2n) is 6.92. The number of aromatic hydroxyl groups is 1. The minimum atomic E-state index is 0.0652. The minimum absolute atomic E-state index is 0.0652. The lowest BCUT2D eigenvalue weighted by molar-refractivity contribution is 0.231. The molecule has 0 unspecified atom stereocenters. The molecule has 0 amide bonds. The fourth-order valence-electron chi connectivity index (χ4n) is 3.30. The monoisotopic (exact) mass is 357 g/mol. The molecule has 0 atom stereocenters. The zero-order chi connectivity index (χ0) is 17.8. The van der Waals surface area contributed by atoms with E-state index in [1.165, 1.54) is 21.6 Å². The van der Waals surface area contributed by atoms with E-state index in [0.29, 0.717) is 5.75 Å². The minimum Gasteiger partial charge on any atom is -0.504 e. The summed E-state index contributed by atoms with van der Waals surface area (Å²) < 4.78 is 5.67. The Morgan fingerprint density at radius 3 is 2.68 bits per heavy atom. The van der Waals surface area contributed by atoms with Gasteiger partial charge in [0.05, 0.1) is 6.10 Å². The van der Waals surface area contributed by atoms with Crippen LogP contribution in [-0.4, -0.2) is 28.9 Å². The van der Waals surface area contributed by atoms with Crippen LogP contribution in [0, 0.1) is 0 Å². The molecule has 0 spiro atoms. The molecule has 0 aromatic heterocycles. The zero-order valence-corrected chi connectivity index (χ0v) is 16.1. The number of ether oxygens (including phenoxy) is 1. The summed E-state index contributed by atoms with van der Waals surface area (Å²) in [6, 6.07) is 12.5. The van der Waals surface area contributed by atoms with E-state index >= 15 is 0 Å². The predicted octanol–water partition coefficient (Wildman–Crippen LogP) is 4.85. The summed E-state index contributed by atoms with van der Waals surface area (Å²) in [6.45, 7) is 7.14. The summed E-state index contributed by atoms with van der Waals surface area (Å²) in [7, 11) is 0. The van der Waals surface area contributed by atoms with Crippen LogP contribution in [0.25, 0.3) is 0 Å². The van der Waals surface area contributed by atoms with Gasteiger partial charge in [-0.2, -0.15) is 0 Å². The summed E-state index contributed by atoms with van der Waals surface area (Å²) >= 11 is 1.81. The predicted molar refractivity (Wildman–Crippen MR) is 105 cm³/mol. The van der Waals surface area contributed by atoms with Gasteiger partial charge in [0, 0.05) is 18.0 Å². The van der Waals surface area contributed by atoms with Crippen LogP contribution in [0.3, 0.4) is 0 Å². The van der Waals surface area contributed by atoms with E-state index in [1.54, 1.807) is 17.8 Å². The Morgan fingerprint density at radius 2 is 1.92 bits per heavy atom. The third kappa shape index (κ3) is 4.71. The van der Waals surface area contributed by atoms with Crippen LogP contribution in [0.5, 0.6) is 11.5 Å². The van der Waals surface area contributed by atoms with Crippen molar-refractivity contribution in [2.75, 3.05) is 12.8 Å². The van der Waals surface area contributed by atoms with Crippen molar-refractivity contribution in [1.82, 2.24) is 4.90 Å². The number of rotatable bonds is 7. The lowest BCUT2D eigenvalue weighted by Crippen LogP contribution is -2.18. The second-order valence-corrected chi connectivity index (χ2v) is 7.80. The van der Waals surface area contributed by atoms with E-state index < -0.39 is 0 Å². The van der Waals surface area contributed by atoms with Crippen molar-refractivity contribution >= 4 is 11.8 Å². The number of nitrogens with zero attached hydrogens (tertiary/aromatic N) is 1. The first-order valence-electron chi connectivity index (χ1n) is 8.92. The second kappa shape index (κ2) is 8.15. The van der Waals surface area contributed by atoms with Gasteiger partial charge in [-0.1, -0.05) is 12.1 Å². The average molecular weight is 358 g/mol. The van der Waals surface area contributed by atoms with Crippen LogP contribution >= 0.6 is 11.8 Å². The lowest BCUT2D eigenvalue weighted by Gasteiger charge is -2.15. The van der Waals surface area contributed by atoms with Gasteiger partial charge in [-0.15, -0.1) is 11.8 Å². The molecule has 0 saturated carbocycles. The van der Waals surface area contributed by atoms with Gasteiger partial charge >= 0.3 is 0 Å². The van der Waals surface area contributed by atoms with E-state index in [9.17, 15) is 5.11 Å². The maximum Gasteiger partial charge on any atom is 0.161 e. The Labute approximate surface area is 155 Å². The standard InChI is InChI=1S/C21H27NO2S/c1-15(2)24-21-11-16(6-9-20(21)23)5-4-10-22-13-17-7-8-19(25-3)12-18(17)14-22/h6-9,11-12,15,23H,4-5,10,13-14H2,1-3H3. The van der Waals surface area contributed by atoms with Crippen molar-refractivity contribution in [3.63, 3.8) is 0 Å². The molecule has 25 heavy (non-hydrogen) atoms. The number of aryl methyl sites for hydroxylation is 1. The fraction of sp³-hybridized carbons (Fsp3) is 0.429. The number of hydrogen-bond acceptors (Lipinski definition) is 4. The van der Waals surface area contributed by atoms with Crippen molar-refractivity contribution in [3.05, 3.63) is 53.1 Å². The highest BCUT2D eigenvalue weighted by Gasteiger charge is 2.18. The van der Waals surface area contributed by atoms with Crippen molar-refractivity contribution in [1.29, 1.82) is 0 Å². The number of thioether (sulfide) groups is 1. The van der Waals surface area contributed by atoms with E-state index in [-0.39, 0.29) is 11.9 Å². The molecule has 1 aliphatic rings. The number of phenolic OH excluding ortho intramolecular Hbond substituents is 1. The fourth-order valence-corrected chi connectivity index (χ4v) is 3.76. The van der Waals surface area contributed by atoms with Crippen molar-refractivity contribution in [2.24, 2.45) is 0 Å². The molecular formula is C21H27NO2S. The van der Waals surface area contributed by atoms with Crippen LogP contribution < -0.4 is 4.74 Å². The maximum atomic E-state index is 9.89. The molecule has 0 bridgehead atoms. The van der Waals surface area contributed by atoms with Gasteiger partial charge in [0.1, 0.15) is 0 Å². The molecule has 134 valence electrons. The van der Waals surface area contributed by atoms with Crippen molar-refractivity contribution < 1.29 is 9.84 Å². The molecule has 2 aromatic carbocycles. The summed E-state index contributed by atoms with van der Waals surface area (Å²) in [5.41, 5.74) is 4.16. The molecule has 4 heteroatoms. The van der Waals surface area contributed by atoms with Gasteiger partial charge in [-0.3, -0.25) is 4.90 Å². The highest BCUT2D eigenvalue weighted by molar-refractivity contribution is 7.98. The first kappa shape index (κ1) is 18.2. The van der Waals surface area contributed by atoms with Crippen LogP contribution in [0.4, 0.5) is 0 Å².